The summed E-state index contributed by atoms with van der Waals surface area (Å²) in [5.74, 6) is 0.310. The van der Waals surface area contributed by atoms with Gasteiger partial charge in [-0.2, -0.15) is 0 Å². The zero-order valence-corrected chi connectivity index (χ0v) is 17.5. The minimum atomic E-state index is -0.0385. The molecule has 2 aromatic carbocycles. The van der Waals surface area contributed by atoms with Crippen LogP contribution in [-0.2, 0) is 9.59 Å². The summed E-state index contributed by atoms with van der Waals surface area (Å²) < 4.78 is 0. The number of carbonyl (C=O) groups excluding carboxylic acids is 2. The minimum Gasteiger partial charge on any atom is -0.326 e. The first-order chi connectivity index (χ1) is 12.6. The number of thioether (sulfide) groups is 1. The predicted molar refractivity (Wildman–Crippen MR) is 114 cm³/mol. The number of hydrogen-bond donors (Lipinski definition) is 2. The van der Waals surface area contributed by atoms with E-state index < -0.39 is 0 Å². The van der Waals surface area contributed by atoms with Crippen LogP contribution in [0.15, 0.2) is 47.4 Å². The maximum Gasteiger partial charge on any atom is 0.234 e. The molecule has 2 N–H and O–H groups in total. The van der Waals surface area contributed by atoms with Gasteiger partial charge in [0.25, 0.3) is 0 Å². The summed E-state index contributed by atoms with van der Waals surface area (Å²) in [6.07, 6.45) is 0.474. The summed E-state index contributed by atoms with van der Waals surface area (Å²) in [5, 5.41) is 5.83. The Bertz CT molecular complexity index is 808. The van der Waals surface area contributed by atoms with Crippen LogP contribution in [0.4, 0.5) is 11.4 Å². The second kappa shape index (κ2) is 9.09. The molecule has 2 amide bonds. The molecule has 0 spiro atoms. The summed E-state index contributed by atoms with van der Waals surface area (Å²) in [5.41, 5.74) is 3.92. The van der Waals surface area contributed by atoms with E-state index >= 15 is 0 Å². The molecule has 2 rings (SSSR count). The van der Waals surface area contributed by atoms with Crippen LogP contribution in [0.25, 0.3) is 0 Å². The molecular weight excluding hydrogens is 356 g/mol. The third-order valence-corrected chi connectivity index (χ3v) is 5.00. The van der Waals surface area contributed by atoms with Crippen molar-refractivity contribution in [3.63, 3.8) is 0 Å². The van der Waals surface area contributed by atoms with Gasteiger partial charge in [-0.05, 0) is 66.8 Å². The first-order valence-electron chi connectivity index (χ1n) is 9.02. The Balaban J connectivity index is 1.83. The van der Waals surface area contributed by atoms with Gasteiger partial charge in [-0.15, -0.1) is 11.8 Å². The molecule has 27 heavy (non-hydrogen) atoms. The molecule has 0 aliphatic carbocycles. The van der Waals surface area contributed by atoms with Gasteiger partial charge in [0, 0.05) is 22.7 Å². The highest BCUT2D eigenvalue weighted by molar-refractivity contribution is 8.00. The van der Waals surface area contributed by atoms with Crippen molar-refractivity contribution in [3.8, 4) is 0 Å². The fourth-order valence-electron chi connectivity index (χ4n) is 2.49. The number of aryl methyl sites for hydroxylation is 2. The Kier molecular flexibility index (Phi) is 7.08. The second-order valence-electron chi connectivity index (χ2n) is 7.95. The van der Waals surface area contributed by atoms with Gasteiger partial charge in [-0.1, -0.05) is 26.8 Å². The average Bonchev–Trinajstić information content (AvgIpc) is 2.56. The van der Waals surface area contributed by atoms with E-state index in [1.165, 1.54) is 17.3 Å². The summed E-state index contributed by atoms with van der Waals surface area (Å²) in [7, 11) is 0. The number of benzene rings is 2. The topological polar surface area (TPSA) is 58.2 Å². The van der Waals surface area contributed by atoms with Gasteiger partial charge < -0.3 is 10.6 Å². The lowest BCUT2D eigenvalue weighted by atomic mass is 9.92. The molecular formula is C22H28N2O2S. The molecule has 0 saturated heterocycles. The van der Waals surface area contributed by atoms with Crippen LogP contribution in [-0.4, -0.2) is 17.6 Å². The Morgan fingerprint density at radius 3 is 2.04 bits per heavy atom. The van der Waals surface area contributed by atoms with Crippen molar-refractivity contribution in [1.82, 2.24) is 0 Å². The third kappa shape index (κ3) is 7.47. The Morgan fingerprint density at radius 1 is 0.852 bits per heavy atom. The van der Waals surface area contributed by atoms with Gasteiger partial charge in [0.15, 0.2) is 0 Å². The van der Waals surface area contributed by atoms with Gasteiger partial charge in [0.2, 0.25) is 11.8 Å². The van der Waals surface area contributed by atoms with Gasteiger partial charge in [-0.25, -0.2) is 0 Å². The van der Waals surface area contributed by atoms with Gasteiger partial charge in [0.05, 0.1) is 5.75 Å². The number of nitrogens with one attached hydrogen (secondary N) is 2. The lowest BCUT2D eigenvalue weighted by molar-refractivity contribution is -0.118. The number of carbonyl (C=O) groups is 2. The Hall–Kier alpha value is -2.27. The SMILES string of the molecule is Cc1ccc(NC(=O)CSc2ccc(NC(=O)CC(C)(C)C)cc2)cc1C. The van der Waals surface area contributed by atoms with Crippen LogP contribution in [0.5, 0.6) is 0 Å². The van der Waals surface area contributed by atoms with Crippen molar-refractivity contribution in [2.24, 2.45) is 5.41 Å². The molecule has 144 valence electrons. The molecule has 5 heteroatoms. The molecule has 0 aliphatic heterocycles. The molecule has 0 aliphatic rings. The summed E-state index contributed by atoms with van der Waals surface area (Å²) in [4.78, 5) is 25.1. The normalized spacial score (nSPS) is 11.1. The van der Waals surface area contributed by atoms with E-state index in [9.17, 15) is 9.59 Å². The van der Waals surface area contributed by atoms with Crippen LogP contribution in [0.1, 0.15) is 38.3 Å². The maximum absolute atomic E-state index is 12.1. The van der Waals surface area contributed by atoms with Crippen molar-refractivity contribution in [1.29, 1.82) is 0 Å². The fraction of sp³-hybridized carbons (Fsp3) is 0.364. The number of amides is 2. The summed E-state index contributed by atoms with van der Waals surface area (Å²) in [6, 6.07) is 13.5. The standard InChI is InChI=1S/C22H28N2O2S/c1-15-6-7-18(12-16(15)2)24-21(26)14-27-19-10-8-17(9-11-19)23-20(25)13-22(3,4)5/h6-12H,13-14H2,1-5H3,(H,23,25)(H,24,26). The smallest absolute Gasteiger partial charge is 0.234 e. The second-order valence-corrected chi connectivity index (χ2v) is 8.99. The quantitative estimate of drug-likeness (QED) is 0.655. The fourth-order valence-corrected chi connectivity index (χ4v) is 3.18. The maximum atomic E-state index is 12.1. The first kappa shape index (κ1) is 21.0. The minimum absolute atomic E-state index is 0.00988. The molecule has 0 radical (unpaired) electrons. The van der Waals surface area contributed by atoms with E-state index in [0.29, 0.717) is 12.2 Å². The van der Waals surface area contributed by atoms with Crippen molar-refractivity contribution in [2.75, 3.05) is 16.4 Å². The third-order valence-electron chi connectivity index (χ3n) is 3.99. The van der Waals surface area contributed by atoms with E-state index in [2.05, 4.69) is 10.6 Å². The van der Waals surface area contributed by atoms with Crippen molar-refractivity contribution in [2.45, 2.75) is 45.9 Å². The molecule has 0 aromatic heterocycles. The van der Waals surface area contributed by atoms with Crippen molar-refractivity contribution in [3.05, 3.63) is 53.6 Å². The number of hydrogen-bond acceptors (Lipinski definition) is 3. The van der Waals surface area contributed by atoms with Crippen molar-refractivity contribution >= 4 is 35.0 Å². The molecule has 0 heterocycles. The van der Waals surface area contributed by atoms with Crippen LogP contribution in [0.3, 0.4) is 0 Å². The van der Waals surface area contributed by atoms with Crippen LogP contribution < -0.4 is 10.6 Å². The molecule has 0 fully saturated rings. The number of rotatable bonds is 6. The molecule has 0 atom stereocenters. The average molecular weight is 385 g/mol. The first-order valence-corrected chi connectivity index (χ1v) is 10.0. The van der Waals surface area contributed by atoms with Gasteiger partial charge >= 0.3 is 0 Å². The van der Waals surface area contributed by atoms with Crippen LogP contribution >= 0.6 is 11.8 Å². The molecule has 0 saturated carbocycles. The molecule has 4 nitrogen and oxygen atoms in total. The van der Waals surface area contributed by atoms with Crippen molar-refractivity contribution < 1.29 is 9.59 Å². The zero-order chi connectivity index (χ0) is 20.0. The molecule has 0 bridgehead atoms. The highest BCUT2D eigenvalue weighted by Gasteiger charge is 2.15. The van der Waals surface area contributed by atoms with E-state index in [0.717, 1.165) is 21.8 Å². The van der Waals surface area contributed by atoms with Gasteiger partial charge in [0.1, 0.15) is 0 Å². The van der Waals surface area contributed by atoms with Gasteiger partial charge in [-0.3, -0.25) is 9.59 Å². The molecule has 2 aromatic rings. The summed E-state index contributed by atoms with van der Waals surface area (Å²) in [6.45, 7) is 10.2. The number of anilines is 2. The van der Waals surface area contributed by atoms with E-state index in [1.54, 1.807) is 0 Å². The van der Waals surface area contributed by atoms with Crippen LogP contribution in [0.2, 0.25) is 0 Å². The highest BCUT2D eigenvalue weighted by atomic mass is 32.2. The highest BCUT2D eigenvalue weighted by Crippen LogP contribution is 2.23. The molecule has 0 unspecified atom stereocenters. The Morgan fingerprint density at radius 2 is 1.44 bits per heavy atom. The largest absolute Gasteiger partial charge is 0.326 e. The Labute approximate surface area is 166 Å². The lowest BCUT2D eigenvalue weighted by Crippen LogP contribution is -2.19. The lowest BCUT2D eigenvalue weighted by Gasteiger charge is -2.17. The zero-order valence-electron chi connectivity index (χ0n) is 16.7. The van der Waals surface area contributed by atoms with E-state index in [-0.39, 0.29) is 17.2 Å². The summed E-state index contributed by atoms with van der Waals surface area (Å²) >= 11 is 1.47. The monoisotopic (exact) mass is 384 g/mol. The van der Waals surface area contributed by atoms with E-state index in [4.69, 9.17) is 0 Å². The predicted octanol–water partition coefficient (Wildman–Crippen LogP) is 5.41. The van der Waals surface area contributed by atoms with Crippen LogP contribution in [0, 0.1) is 19.3 Å². The van der Waals surface area contributed by atoms with E-state index in [1.807, 2.05) is 77.1 Å².